The first kappa shape index (κ1) is 22.6. The van der Waals surface area contributed by atoms with Crippen molar-refractivity contribution in [3.8, 4) is 0 Å². The Kier molecular flexibility index (Phi) is 7.13. The van der Waals surface area contributed by atoms with Gasteiger partial charge in [0.15, 0.2) is 0 Å². The van der Waals surface area contributed by atoms with E-state index in [1.807, 2.05) is 32.0 Å². The summed E-state index contributed by atoms with van der Waals surface area (Å²) in [7, 11) is -3.72. The molecule has 0 saturated carbocycles. The molecule has 3 aromatic carbocycles. The van der Waals surface area contributed by atoms with Crippen LogP contribution in [0.15, 0.2) is 71.6 Å². The third-order valence-electron chi connectivity index (χ3n) is 5.24. The molecule has 6 heteroatoms. The highest BCUT2D eigenvalue weighted by atomic mass is 32.2. The lowest BCUT2D eigenvalue weighted by molar-refractivity contribution is -0.116. The molecule has 0 saturated heterocycles. The topological polar surface area (TPSA) is 75.3 Å². The van der Waals surface area contributed by atoms with Crippen molar-refractivity contribution < 1.29 is 13.2 Å². The molecular weight excluding hydrogens is 408 g/mol. The fourth-order valence-electron chi connectivity index (χ4n) is 3.31. The number of carbonyl (C=O) groups is 1. The van der Waals surface area contributed by atoms with Crippen LogP contribution in [0.5, 0.6) is 0 Å². The van der Waals surface area contributed by atoms with Crippen LogP contribution in [-0.4, -0.2) is 14.3 Å². The average Bonchev–Trinajstić information content (AvgIpc) is 2.76. The zero-order chi connectivity index (χ0) is 22.4. The SMILES string of the molecule is CCc1ccc(CCC(=O)Nc2ccc(S(=O)(=O)Nc3c(C)cccc3C)cc2)cc1. The summed E-state index contributed by atoms with van der Waals surface area (Å²) in [5, 5.41) is 2.83. The second kappa shape index (κ2) is 9.79. The Hall–Kier alpha value is -3.12. The van der Waals surface area contributed by atoms with E-state index in [2.05, 4.69) is 41.2 Å². The van der Waals surface area contributed by atoms with Crippen LogP contribution in [0.2, 0.25) is 0 Å². The Balaban J connectivity index is 1.60. The Morgan fingerprint density at radius 3 is 2.00 bits per heavy atom. The molecule has 2 N–H and O–H groups in total. The second-order valence-corrected chi connectivity index (χ2v) is 9.30. The minimum atomic E-state index is -3.72. The molecule has 0 heterocycles. The number of rotatable bonds is 8. The summed E-state index contributed by atoms with van der Waals surface area (Å²) < 4.78 is 28.2. The van der Waals surface area contributed by atoms with E-state index in [9.17, 15) is 13.2 Å². The zero-order valence-electron chi connectivity index (χ0n) is 18.1. The third kappa shape index (κ3) is 5.95. The number of nitrogens with one attached hydrogen (secondary N) is 2. The quantitative estimate of drug-likeness (QED) is 0.507. The van der Waals surface area contributed by atoms with Gasteiger partial charge in [0.2, 0.25) is 5.91 Å². The number of carbonyl (C=O) groups excluding carboxylic acids is 1. The van der Waals surface area contributed by atoms with Gasteiger partial charge in [0.25, 0.3) is 10.0 Å². The number of anilines is 2. The molecule has 0 radical (unpaired) electrons. The van der Waals surface area contributed by atoms with Crippen LogP contribution in [0.1, 0.15) is 35.6 Å². The predicted octanol–water partition coefficient (Wildman–Crippen LogP) is 5.24. The van der Waals surface area contributed by atoms with Gasteiger partial charge in [-0.2, -0.15) is 0 Å². The molecule has 0 bridgehead atoms. The Morgan fingerprint density at radius 1 is 0.839 bits per heavy atom. The van der Waals surface area contributed by atoms with Crippen LogP contribution in [0, 0.1) is 13.8 Å². The van der Waals surface area contributed by atoms with Crippen LogP contribution < -0.4 is 10.0 Å². The van der Waals surface area contributed by atoms with Crippen LogP contribution in [0.3, 0.4) is 0 Å². The summed E-state index contributed by atoms with van der Waals surface area (Å²) in [4.78, 5) is 12.4. The number of hydrogen-bond donors (Lipinski definition) is 2. The molecule has 0 atom stereocenters. The maximum atomic E-state index is 12.7. The predicted molar refractivity (Wildman–Crippen MR) is 126 cm³/mol. The van der Waals surface area contributed by atoms with Crippen molar-refractivity contribution in [2.45, 2.75) is 44.9 Å². The maximum Gasteiger partial charge on any atom is 0.261 e. The monoisotopic (exact) mass is 436 g/mol. The molecule has 0 aromatic heterocycles. The molecule has 0 fully saturated rings. The molecule has 162 valence electrons. The van der Waals surface area contributed by atoms with Crippen molar-refractivity contribution in [1.82, 2.24) is 0 Å². The number of hydrogen-bond acceptors (Lipinski definition) is 3. The average molecular weight is 437 g/mol. The number of aryl methyl sites for hydroxylation is 4. The van der Waals surface area contributed by atoms with E-state index in [1.54, 1.807) is 12.1 Å². The summed E-state index contributed by atoms with van der Waals surface area (Å²) >= 11 is 0. The van der Waals surface area contributed by atoms with Gasteiger partial charge >= 0.3 is 0 Å². The van der Waals surface area contributed by atoms with Crippen LogP contribution >= 0.6 is 0 Å². The highest BCUT2D eigenvalue weighted by molar-refractivity contribution is 7.92. The first-order chi connectivity index (χ1) is 14.8. The molecule has 0 aliphatic carbocycles. The lowest BCUT2D eigenvalue weighted by Gasteiger charge is -2.13. The highest BCUT2D eigenvalue weighted by Gasteiger charge is 2.16. The van der Waals surface area contributed by atoms with Gasteiger partial charge in [-0.3, -0.25) is 9.52 Å². The summed E-state index contributed by atoms with van der Waals surface area (Å²) in [5.41, 5.74) is 5.26. The molecule has 0 aliphatic rings. The fourth-order valence-corrected chi connectivity index (χ4v) is 4.51. The second-order valence-electron chi connectivity index (χ2n) is 7.61. The van der Waals surface area contributed by atoms with E-state index in [4.69, 9.17) is 0 Å². The van der Waals surface area contributed by atoms with Gasteiger partial charge in [0.1, 0.15) is 0 Å². The first-order valence-corrected chi connectivity index (χ1v) is 11.8. The molecular formula is C25H28N2O3S. The summed E-state index contributed by atoms with van der Waals surface area (Å²) in [6.07, 6.45) is 2.01. The van der Waals surface area contributed by atoms with Crippen molar-refractivity contribution in [1.29, 1.82) is 0 Å². The zero-order valence-corrected chi connectivity index (χ0v) is 18.9. The van der Waals surface area contributed by atoms with Crippen LogP contribution in [0.25, 0.3) is 0 Å². The number of para-hydroxylation sites is 1. The lowest BCUT2D eigenvalue weighted by atomic mass is 10.1. The van der Waals surface area contributed by atoms with Crippen molar-refractivity contribution >= 4 is 27.3 Å². The van der Waals surface area contributed by atoms with Gasteiger partial charge in [-0.05, 0) is 73.2 Å². The highest BCUT2D eigenvalue weighted by Crippen LogP contribution is 2.24. The lowest BCUT2D eigenvalue weighted by Crippen LogP contribution is -2.15. The van der Waals surface area contributed by atoms with Gasteiger partial charge in [-0.15, -0.1) is 0 Å². The van der Waals surface area contributed by atoms with Crippen molar-refractivity contribution in [2.75, 3.05) is 10.0 Å². The molecule has 1 amide bonds. The standard InChI is InChI=1S/C25H28N2O3S/c1-4-20-8-10-21(11-9-20)12-17-24(28)26-22-13-15-23(16-14-22)31(29,30)27-25-18(2)6-5-7-19(25)3/h5-11,13-16,27H,4,12,17H2,1-3H3,(H,26,28). The maximum absolute atomic E-state index is 12.7. The van der Waals surface area contributed by atoms with E-state index in [-0.39, 0.29) is 10.8 Å². The number of amides is 1. The van der Waals surface area contributed by atoms with Gasteiger partial charge in [0, 0.05) is 12.1 Å². The van der Waals surface area contributed by atoms with E-state index in [1.165, 1.54) is 17.7 Å². The smallest absolute Gasteiger partial charge is 0.261 e. The molecule has 5 nitrogen and oxygen atoms in total. The summed E-state index contributed by atoms with van der Waals surface area (Å²) in [5.74, 6) is -0.108. The van der Waals surface area contributed by atoms with E-state index in [0.29, 0.717) is 24.2 Å². The Labute approximate surface area is 184 Å². The third-order valence-corrected chi connectivity index (χ3v) is 6.60. The van der Waals surface area contributed by atoms with Crippen LogP contribution in [-0.2, 0) is 27.7 Å². The van der Waals surface area contributed by atoms with E-state index in [0.717, 1.165) is 23.1 Å². The molecule has 0 unspecified atom stereocenters. The molecule has 0 aliphatic heterocycles. The fraction of sp³-hybridized carbons (Fsp3) is 0.240. The van der Waals surface area contributed by atoms with Gasteiger partial charge in [-0.1, -0.05) is 49.4 Å². The Morgan fingerprint density at radius 2 is 1.42 bits per heavy atom. The normalized spacial score (nSPS) is 11.2. The van der Waals surface area contributed by atoms with E-state index < -0.39 is 10.0 Å². The minimum absolute atomic E-state index is 0.108. The first-order valence-electron chi connectivity index (χ1n) is 10.4. The summed E-state index contributed by atoms with van der Waals surface area (Å²) in [6.45, 7) is 5.84. The summed E-state index contributed by atoms with van der Waals surface area (Å²) in [6, 6.07) is 20.1. The van der Waals surface area contributed by atoms with E-state index >= 15 is 0 Å². The van der Waals surface area contributed by atoms with Crippen molar-refractivity contribution in [3.05, 3.63) is 89.0 Å². The van der Waals surface area contributed by atoms with Gasteiger partial charge < -0.3 is 5.32 Å². The molecule has 3 rings (SSSR count). The van der Waals surface area contributed by atoms with Crippen LogP contribution in [0.4, 0.5) is 11.4 Å². The Bertz CT molecular complexity index is 1130. The van der Waals surface area contributed by atoms with Crippen molar-refractivity contribution in [2.24, 2.45) is 0 Å². The number of benzene rings is 3. The largest absolute Gasteiger partial charge is 0.326 e. The molecule has 3 aromatic rings. The van der Waals surface area contributed by atoms with Gasteiger partial charge in [0.05, 0.1) is 10.6 Å². The molecule has 0 spiro atoms. The number of sulfonamides is 1. The molecule has 31 heavy (non-hydrogen) atoms. The van der Waals surface area contributed by atoms with Crippen molar-refractivity contribution in [3.63, 3.8) is 0 Å². The van der Waals surface area contributed by atoms with Gasteiger partial charge in [-0.25, -0.2) is 8.42 Å². The minimum Gasteiger partial charge on any atom is -0.326 e.